The fraction of sp³-hybridized carbons (Fsp3) is 0.667. The predicted octanol–water partition coefficient (Wildman–Crippen LogP) is 2.73. The number of rotatable bonds is 14. The molecule has 8 heteroatoms. The molecule has 0 amide bonds. The molecule has 4 unspecified atom stereocenters. The summed E-state index contributed by atoms with van der Waals surface area (Å²) in [7, 11) is 0. The molecule has 0 aliphatic carbocycles. The number of carboxylic acid groups (broad SMARTS) is 4. The fourth-order valence-electron chi connectivity index (χ4n) is 2.97. The molecule has 0 bridgehead atoms. The third kappa shape index (κ3) is 8.64. The molecule has 0 aliphatic rings. The van der Waals surface area contributed by atoms with Crippen LogP contribution >= 0.6 is 0 Å². The molecule has 8 nitrogen and oxygen atoms in total. The molecular weight excluding hydrogens is 344 g/mol. The van der Waals surface area contributed by atoms with E-state index in [0.29, 0.717) is 6.42 Å². The van der Waals surface area contributed by atoms with Crippen LogP contribution in [0.4, 0.5) is 0 Å². The highest BCUT2D eigenvalue weighted by Gasteiger charge is 2.39. The summed E-state index contributed by atoms with van der Waals surface area (Å²) >= 11 is 0. The largest absolute Gasteiger partial charge is 0.481 e. The fourth-order valence-corrected chi connectivity index (χ4v) is 2.97. The second-order valence-corrected chi connectivity index (χ2v) is 6.45. The number of hydrogen-bond acceptors (Lipinski definition) is 4. The van der Waals surface area contributed by atoms with Crippen molar-refractivity contribution in [3.05, 3.63) is 12.2 Å². The quantitative estimate of drug-likeness (QED) is 0.268. The number of carbonyl (C=O) groups is 4. The average Bonchev–Trinajstić information content (AvgIpc) is 2.53. The maximum absolute atomic E-state index is 11.6. The van der Waals surface area contributed by atoms with E-state index in [-0.39, 0.29) is 0 Å². The van der Waals surface area contributed by atoms with E-state index in [0.717, 1.165) is 19.3 Å². The summed E-state index contributed by atoms with van der Waals surface area (Å²) in [6.07, 6.45) is 5.48. The summed E-state index contributed by atoms with van der Waals surface area (Å²) in [4.78, 5) is 45.0. The Morgan fingerprint density at radius 1 is 0.846 bits per heavy atom. The second-order valence-electron chi connectivity index (χ2n) is 6.45. The van der Waals surface area contributed by atoms with Crippen molar-refractivity contribution in [3.8, 4) is 0 Å². The molecule has 0 aliphatic heterocycles. The smallest absolute Gasteiger partial charge is 0.307 e. The summed E-state index contributed by atoms with van der Waals surface area (Å²) in [5.41, 5.74) is 0. The Morgan fingerprint density at radius 3 is 1.77 bits per heavy atom. The molecule has 0 saturated carbocycles. The molecule has 0 radical (unpaired) electrons. The van der Waals surface area contributed by atoms with Crippen LogP contribution in [-0.4, -0.2) is 44.3 Å². The van der Waals surface area contributed by atoms with E-state index in [1.165, 1.54) is 6.92 Å². The topological polar surface area (TPSA) is 149 Å². The lowest BCUT2D eigenvalue weighted by molar-refractivity contribution is -0.154. The van der Waals surface area contributed by atoms with E-state index < -0.39 is 60.4 Å². The van der Waals surface area contributed by atoms with Crippen molar-refractivity contribution in [2.24, 2.45) is 23.7 Å². The van der Waals surface area contributed by atoms with E-state index in [2.05, 4.69) is 0 Å². The lowest BCUT2D eigenvalue weighted by atomic mass is 9.73. The summed E-state index contributed by atoms with van der Waals surface area (Å²) in [6, 6.07) is 0. The van der Waals surface area contributed by atoms with E-state index in [4.69, 9.17) is 10.2 Å². The van der Waals surface area contributed by atoms with Gasteiger partial charge in [-0.2, -0.15) is 0 Å². The molecular formula is C18H28O8. The number of carboxylic acids is 4. The minimum atomic E-state index is -1.35. The first-order valence-electron chi connectivity index (χ1n) is 8.67. The van der Waals surface area contributed by atoms with Crippen LogP contribution in [-0.2, 0) is 19.2 Å². The van der Waals surface area contributed by atoms with Gasteiger partial charge in [0.1, 0.15) is 0 Å². The van der Waals surface area contributed by atoms with Crippen molar-refractivity contribution in [1.29, 1.82) is 0 Å². The molecule has 0 heterocycles. The molecule has 148 valence electrons. The number of hydrogen-bond donors (Lipinski definition) is 4. The molecule has 0 saturated heterocycles. The van der Waals surface area contributed by atoms with Gasteiger partial charge in [0.25, 0.3) is 0 Å². The number of allylic oxidation sites excluding steroid dienone is 2. The average molecular weight is 372 g/mol. The van der Waals surface area contributed by atoms with Crippen LogP contribution in [0.1, 0.15) is 52.4 Å². The van der Waals surface area contributed by atoms with Crippen molar-refractivity contribution in [2.45, 2.75) is 52.4 Å². The highest BCUT2D eigenvalue weighted by atomic mass is 16.4. The molecule has 4 N–H and O–H groups in total. The van der Waals surface area contributed by atoms with E-state index in [1.54, 1.807) is 12.2 Å². The van der Waals surface area contributed by atoms with Crippen molar-refractivity contribution in [1.82, 2.24) is 0 Å². The summed E-state index contributed by atoms with van der Waals surface area (Å²) in [5.74, 6) is -9.70. The Morgan fingerprint density at radius 2 is 1.35 bits per heavy atom. The highest BCUT2D eigenvalue weighted by Crippen LogP contribution is 2.33. The molecule has 26 heavy (non-hydrogen) atoms. The van der Waals surface area contributed by atoms with Gasteiger partial charge in [0.15, 0.2) is 0 Å². The van der Waals surface area contributed by atoms with Gasteiger partial charge in [-0.05, 0) is 24.7 Å². The lowest BCUT2D eigenvalue weighted by Crippen LogP contribution is -2.36. The molecule has 4 atom stereocenters. The molecule has 0 spiro atoms. The third-order valence-electron chi connectivity index (χ3n) is 4.46. The van der Waals surface area contributed by atoms with E-state index >= 15 is 0 Å². The number of unbranched alkanes of at least 4 members (excludes halogenated alkanes) is 3. The van der Waals surface area contributed by atoms with Crippen LogP contribution in [0.15, 0.2) is 12.2 Å². The zero-order valence-corrected chi connectivity index (χ0v) is 15.1. The highest BCUT2D eigenvalue weighted by molar-refractivity contribution is 5.80. The van der Waals surface area contributed by atoms with Gasteiger partial charge in [0.05, 0.1) is 24.7 Å². The normalized spacial score (nSPS) is 15.9. The van der Waals surface area contributed by atoms with Crippen LogP contribution in [0.3, 0.4) is 0 Å². The summed E-state index contributed by atoms with van der Waals surface area (Å²) in [5, 5.41) is 36.7. The van der Waals surface area contributed by atoms with E-state index in [9.17, 15) is 29.4 Å². The molecule has 0 rings (SSSR count). The Kier molecular flexibility index (Phi) is 10.9. The maximum atomic E-state index is 11.6. The molecule has 0 fully saturated rings. The van der Waals surface area contributed by atoms with Gasteiger partial charge < -0.3 is 20.4 Å². The van der Waals surface area contributed by atoms with Crippen LogP contribution < -0.4 is 0 Å². The Hall–Kier alpha value is -2.38. The maximum Gasteiger partial charge on any atom is 0.307 e. The third-order valence-corrected chi connectivity index (χ3v) is 4.46. The van der Waals surface area contributed by atoms with Crippen LogP contribution in [0.2, 0.25) is 0 Å². The van der Waals surface area contributed by atoms with Crippen molar-refractivity contribution < 1.29 is 39.6 Å². The van der Waals surface area contributed by atoms with Gasteiger partial charge >= 0.3 is 23.9 Å². The summed E-state index contributed by atoms with van der Waals surface area (Å²) < 4.78 is 0. The first-order valence-corrected chi connectivity index (χ1v) is 8.67. The second kappa shape index (κ2) is 12.1. The van der Waals surface area contributed by atoms with Gasteiger partial charge in [0.2, 0.25) is 0 Å². The molecule has 0 aromatic heterocycles. The number of aliphatic carboxylic acids is 4. The van der Waals surface area contributed by atoms with Crippen molar-refractivity contribution in [3.63, 3.8) is 0 Å². The predicted molar refractivity (Wildman–Crippen MR) is 92.7 cm³/mol. The molecule has 0 aromatic carbocycles. The lowest BCUT2D eigenvalue weighted by Gasteiger charge is -2.29. The monoisotopic (exact) mass is 372 g/mol. The molecule has 0 aromatic rings. The van der Waals surface area contributed by atoms with Crippen molar-refractivity contribution >= 4 is 23.9 Å². The SMILES string of the molecule is CCCCCC=CC(C(CC(=O)O)C(=O)O)C(C)C(CC(=O)O)C(=O)O. The first-order chi connectivity index (χ1) is 12.1. The van der Waals surface area contributed by atoms with Gasteiger partial charge in [-0.25, -0.2) is 0 Å². The van der Waals surface area contributed by atoms with Gasteiger partial charge in [0, 0.05) is 0 Å². The van der Waals surface area contributed by atoms with E-state index in [1.807, 2.05) is 6.92 Å². The minimum Gasteiger partial charge on any atom is -0.481 e. The zero-order chi connectivity index (χ0) is 20.3. The Balaban J connectivity index is 5.62. The summed E-state index contributed by atoms with van der Waals surface area (Å²) in [6.45, 7) is 3.49. The minimum absolute atomic E-state index is 0.657. The first kappa shape index (κ1) is 23.6. The van der Waals surface area contributed by atoms with Gasteiger partial charge in [-0.15, -0.1) is 0 Å². The van der Waals surface area contributed by atoms with Gasteiger partial charge in [-0.1, -0.05) is 38.8 Å². The Labute approximate surface area is 152 Å². The Bertz CT molecular complexity index is 525. The van der Waals surface area contributed by atoms with Crippen LogP contribution in [0, 0.1) is 23.7 Å². The standard InChI is InChI=1S/C18H28O8/c1-3-4-5-6-7-8-12(14(18(25)26)10-16(21)22)11(2)13(17(23)24)9-15(19)20/h7-8,11-14H,3-6,9-10H2,1-2H3,(H,19,20)(H,21,22)(H,23,24)(H,25,26). The van der Waals surface area contributed by atoms with Crippen LogP contribution in [0.5, 0.6) is 0 Å². The van der Waals surface area contributed by atoms with Crippen LogP contribution in [0.25, 0.3) is 0 Å². The zero-order valence-electron chi connectivity index (χ0n) is 15.1. The van der Waals surface area contributed by atoms with Gasteiger partial charge in [-0.3, -0.25) is 19.2 Å². The van der Waals surface area contributed by atoms with Crippen molar-refractivity contribution in [2.75, 3.05) is 0 Å².